The fraction of sp³-hybridized carbons (Fsp3) is 0.222. The molecule has 0 radical (unpaired) electrons. The van der Waals surface area contributed by atoms with Crippen LogP contribution in [0.25, 0.3) is 34.0 Å². The predicted octanol–water partition coefficient (Wildman–Crippen LogP) is 6.30. The second kappa shape index (κ2) is 9.94. The normalized spacial score (nSPS) is 12.6. The molecule has 4 rings (SSSR count). The lowest BCUT2D eigenvalue weighted by Gasteiger charge is -2.21. The van der Waals surface area contributed by atoms with Gasteiger partial charge in [-0.3, -0.25) is 9.69 Å². The van der Waals surface area contributed by atoms with Crippen molar-refractivity contribution in [1.29, 1.82) is 0 Å². The van der Waals surface area contributed by atoms with Gasteiger partial charge in [-0.2, -0.15) is 18.2 Å². The molecule has 4 aromatic rings. The highest BCUT2D eigenvalue weighted by molar-refractivity contribution is 5.75. The highest BCUT2D eigenvalue weighted by Gasteiger charge is 2.34. The fourth-order valence-corrected chi connectivity index (χ4v) is 3.85. The minimum atomic E-state index is -4.57. The van der Waals surface area contributed by atoms with Crippen LogP contribution in [0.5, 0.6) is 0 Å². The highest BCUT2D eigenvalue weighted by atomic mass is 19.4. The molecule has 0 saturated heterocycles. The van der Waals surface area contributed by atoms with Crippen LogP contribution in [0.4, 0.5) is 13.2 Å². The average molecular weight is 496 g/mol. The molecule has 3 aromatic carbocycles. The van der Waals surface area contributed by atoms with E-state index in [2.05, 4.69) is 10.1 Å². The van der Waals surface area contributed by atoms with Crippen molar-refractivity contribution < 1.29 is 27.6 Å². The summed E-state index contributed by atoms with van der Waals surface area (Å²) in [6.45, 7) is 3.80. The number of aryl methyl sites for hydroxylation is 1. The topological polar surface area (TPSA) is 79.5 Å². The molecule has 1 heterocycles. The summed E-state index contributed by atoms with van der Waals surface area (Å²) >= 11 is 0. The lowest BCUT2D eigenvalue weighted by molar-refractivity contribution is -0.142. The van der Waals surface area contributed by atoms with E-state index in [0.717, 1.165) is 17.2 Å². The number of alkyl halides is 3. The number of nitrogens with zero attached hydrogens (tertiary/aromatic N) is 3. The Morgan fingerprint density at radius 2 is 1.69 bits per heavy atom. The predicted molar refractivity (Wildman–Crippen MR) is 129 cm³/mol. The number of carboxylic acid groups (broad SMARTS) is 1. The van der Waals surface area contributed by atoms with Gasteiger partial charge in [0.25, 0.3) is 5.89 Å². The summed E-state index contributed by atoms with van der Waals surface area (Å²) < 4.78 is 47.1. The lowest BCUT2D eigenvalue weighted by Crippen LogP contribution is -2.35. The maximum absolute atomic E-state index is 14.0. The molecule has 9 heteroatoms. The van der Waals surface area contributed by atoms with Crippen LogP contribution in [0.15, 0.2) is 71.3 Å². The van der Waals surface area contributed by atoms with Crippen molar-refractivity contribution >= 4 is 5.97 Å². The van der Waals surface area contributed by atoms with Crippen LogP contribution in [0.1, 0.15) is 23.6 Å². The van der Waals surface area contributed by atoms with Gasteiger partial charge in [-0.15, -0.1) is 0 Å². The minimum absolute atomic E-state index is 0.0223. The summed E-state index contributed by atoms with van der Waals surface area (Å²) in [5.41, 5.74) is 2.23. The summed E-state index contributed by atoms with van der Waals surface area (Å²) in [5.74, 6) is -0.694. The molecule has 6 nitrogen and oxygen atoms in total. The SMILES string of the molecule is Cc1ccccc1-c1ccc(-c2nc(-c3ccc(CN(C)C(C)C(=O)O)cc3)no2)cc1C(F)(F)F. The van der Waals surface area contributed by atoms with Crippen molar-refractivity contribution in [3.63, 3.8) is 0 Å². The molecule has 1 aromatic heterocycles. The maximum atomic E-state index is 14.0. The zero-order valence-electron chi connectivity index (χ0n) is 19.9. The quantitative estimate of drug-likeness (QED) is 0.324. The zero-order valence-corrected chi connectivity index (χ0v) is 19.9. The van der Waals surface area contributed by atoms with E-state index in [1.54, 1.807) is 62.2 Å². The maximum Gasteiger partial charge on any atom is 0.417 e. The van der Waals surface area contributed by atoms with Gasteiger partial charge >= 0.3 is 12.1 Å². The number of rotatable bonds is 7. The van der Waals surface area contributed by atoms with Gasteiger partial charge in [0.15, 0.2) is 0 Å². The number of carbonyl (C=O) groups is 1. The molecular formula is C27H24F3N3O3. The first-order valence-corrected chi connectivity index (χ1v) is 11.2. The molecule has 36 heavy (non-hydrogen) atoms. The Kier molecular flexibility index (Phi) is 6.94. The molecule has 0 aliphatic carbocycles. The Morgan fingerprint density at radius 1 is 1.03 bits per heavy atom. The van der Waals surface area contributed by atoms with E-state index < -0.39 is 23.8 Å². The van der Waals surface area contributed by atoms with E-state index in [1.165, 1.54) is 12.1 Å². The molecule has 0 amide bonds. The molecule has 0 spiro atoms. The second-order valence-electron chi connectivity index (χ2n) is 8.62. The Bertz CT molecular complexity index is 1380. The summed E-state index contributed by atoms with van der Waals surface area (Å²) in [6, 6.07) is 17.4. The van der Waals surface area contributed by atoms with Crippen LogP contribution in [-0.2, 0) is 17.5 Å². The molecule has 0 saturated carbocycles. The number of aliphatic carboxylic acids is 1. The molecular weight excluding hydrogens is 471 g/mol. The molecule has 0 aliphatic rings. The monoisotopic (exact) mass is 495 g/mol. The van der Waals surface area contributed by atoms with Crippen molar-refractivity contribution in [2.75, 3.05) is 7.05 Å². The summed E-state index contributed by atoms with van der Waals surface area (Å²) in [4.78, 5) is 17.1. The van der Waals surface area contributed by atoms with Gasteiger partial charge in [0.2, 0.25) is 5.82 Å². The Balaban J connectivity index is 1.60. The molecule has 0 fully saturated rings. The van der Waals surface area contributed by atoms with E-state index in [0.29, 0.717) is 17.7 Å². The fourth-order valence-electron chi connectivity index (χ4n) is 3.85. The second-order valence-corrected chi connectivity index (χ2v) is 8.62. The first-order chi connectivity index (χ1) is 17.0. The zero-order chi connectivity index (χ0) is 26.0. The van der Waals surface area contributed by atoms with Crippen LogP contribution < -0.4 is 0 Å². The van der Waals surface area contributed by atoms with Crippen LogP contribution in [-0.4, -0.2) is 39.2 Å². The summed E-state index contributed by atoms with van der Waals surface area (Å²) in [6.07, 6.45) is -4.57. The highest BCUT2D eigenvalue weighted by Crippen LogP contribution is 2.40. The van der Waals surface area contributed by atoms with Crippen molar-refractivity contribution in [2.24, 2.45) is 0 Å². The summed E-state index contributed by atoms with van der Waals surface area (Å²) in [5, 5.41) is 13.1. The summed E-state index contributed by atoms with van der Waals surface area (Å²) in [7, 11) is 1.72. The Morgan fingerprint density at radius 3 is 2.33 bits per heavy atom. The van der Waals surface area contributed by atoms with Gasteiger partial charge in [0.1, 0.15) is 6.04 Å². The van der Waals surface area contributed by atoms with Crippen LogP contribution in [0.2, 0.25) is 0 Å². The van der Waals surface area contributed by atoms with Crippen LogP contribution >= 0.6 is 0 Å². The van der Waals surface area contributed by atoms with Crippen molar-refractivity contribution in [2.45, 2.75) is 32.6 Å². The molecule has 186 valence electrons. The Hall–Kier alpha value is -3.98. The number of likely N-dealkylation sites (N-methyl/N-ethyl adjacent to an activating group) is 1. The van der Waals surface area contributed by atoms with Crippen LogP contribution in [0.3, 0.4) is 0 Å². The van der Waals surface area contributed by atoms with E-state index in [9.17, 15) is 18.0 Å². The first kappa shape index (κ1) is 25.1. The third-order valence-electron chi connectivity index (χ3n) is 6.10. The standard InChI is InChI=1S/C27H24F3N3O3/c1-16-6-4-5-7-21(16)22-13-12-20(14-23(22)27(28,29)30)25-31-24(32-36-25)19-10-8-18(9-11-19)15-33(3)17(2)26(34)35/h4-14,17H,15H2,1-3H3,(H,34,35). The smallest absolute Gasteiger partial charge is 0.417 e. The third-order valence-corrected chi connectivity index (χ3v) is 6.10. The van der Waals surface area contributed by atoms with Crippen LogP contribution in [0, 0.1) is 6.92 Å². The van der Waals surface area contributed by atoms with E-state index >= 15 is 0 Å². The number of benzene rings is 3. The van der Waals surface area contributed by atoms with Gasteiger partial charge in [0, 0.05) is 17.7 Å². The third kappa shape index (κ3) is 5.31. The van der Waals surface area contributed by atoms with Crippen molar-refractivity contribution in [3.8, 4) is 34.0 Å². The van der Waals surface area contributed by atoms with Crippen molar-refractivity contribution in [3.05, 3.63) is 83.4 Å². The van der Waals surface area contributed by atoms with Gasteiger partial charge in [-0.25, -0.2) is 0 Å². The number of hydrogen-bond donors (Lipinski definition) is 1. The van der Waals surface area contributed by atoms with E-state index in [4.69, 9.17) is 9.63 Å². The first-order valence-electron chi connectivity index (χ1n) is 11.2. The molecule has 1 N–H and O–H groups in total. The minimum Gasteiger partial charge on any atom is -0.480 e. The van der Waals surface area contributed by atoms with Gasteiger partial charge in [-0.1, -0.05) is 59.8 Å². The molecule has 1 atom stereocenters. The molecule has 0 bridgehead atoms. The lowest BCUT2D eigenvalue weighted by atomic mass is 9.94. The van der Waals surface area contributed by atoms with E-state index in [1.807, 2.05) is 12.1 Å². The number of carboxylic acids is 1. The Labute approximate surface area is 206 Å². The number of aromatic nitrogens is 2. The van der Waals surface area contributed by atoms with E-state index in [-0.39, 0.29) is 22.8 Å². The average Bonchev–Trinajstić information content (AvgIpc) is 3.34. The number of hydrogen-bond acceptors (Lipinski definition) is 5. The number of halogens is 3. The van der Waals surface area contributed by atoms with Gasteiger partial charge in [-0.05, 0) is 55.3 Å². The molecule has 0 aliphatic heterocycles. The molecule has 1 unspecified atom stereocenters. The van der Waals surface area contributed by atoms with Crippen molar-refractivity contribution in [1.82, 2.24) is 15.0 Å². The van der Waals surface area contributed by atoms with Gasteiger partial charge in [0.05, 0.1) is 5.56 Å². The largest absolute Gasteiger partial charge is 0.480 e. The van der Waals surface area contributed by atoms with Gasteiger partial charge < -0.3 is 9.63 Å².